The van der Waals surface area contributed by atoms with Crippen LogP contribution in [0.25, 0.3) is 10.2 Å². The Labute approximate surface area is 170 Å². The third kappa shape index (κ3) is 3.96. The van der Waals surface area contributed by atoms with Crippen LogP contribution in [-0.2, 0) is 11.3 Å². The molecule has 0 radical (unpaired) electrons. The van der Waals surface area contributed by atoms with Gasteiger partial charge in [-0.25, -0.2) is 9.78 Å². The lowest BCUT2D eigenvalue weighted by molar-refractivity contribution is 0.0531. The molecule has 1 aromatic carbocycles. The van der Waals surface area contributed by atoms with Gasteiger partial charge in [-0.3, -0.25) is 9.36 Å². The highest BCUT2D eigenvalue weighted by Crippen LogP contribution is 2.30. The van der Waals surface area contributed by atoms with Gasteiger partial charge in [0.25, 0.3) is 5.56 Å². The van der Waals surface area contributed by atoms with E-state index in [0.29, 0.717) is 32.4 Å². The molecule has 0 bridgehead atoms. The summed E-state index contributed by atoms with van der Waals surface area (Å²) < 4.78 is 6.67. The molecule has 28 heavy (non-hydrogen) atoms. The van der Waals surface area contributed by atoms with Crippen molar-refractivity contribution in [3.05, 3.63) is 56.2 Å². The molecule has 3 rings (SSSR count). The molecule has 8 heteroatoms. The minimum atomic E-state index is -0.446. The number of fused-ring (bicyclic) bond motifs is 1. The SMILES string of the molecule is CCOC(=O)c1sc2nc(SCC#N)n(Cc3ccc(C)cc3)c(=O)c2c1C. The van der Waals surface area contributed by atoms with E-state index >= 15 is 0 Å². The van der Waals surface area contributed by atoms with E-state index in [2.05, 4.69) is 11.1 Å². The van der Waals surface area contributed by atoms with Crippen LogP contribution in [0.4, 0.5) is 0 Å². The second kappa shape index (κ2) is 8.59. The summed E-state index contributed by atoms with van der Waals surface area (Å²) in [6, 6.07) is 9.98. The van der Waals surface area contributed by atoms with Gasteiger partial charge in [0.15, 0.2) is 5.16 Å². The molecule has 6 nitrogen and oxygen atoms in total. The van der Waals surface area contributed by atoms with Crippen LogP contribution in [0.3, 0.4) is 0 Å². The van der Waals surface area contributed by atoms with E-state index < -0.39 is 5.97 Å². The van der Waals surface area contributed by atoms with Gasteiger partial charge in [0.05, 0.1) is 30.4 Å². The smallest absolute Gasteiger partial charge is 0.348 e. The maximum absolute atomic E-state index is 13.3. The Morgan fingerprint density at radius 2 is 2.04 bits per heavy atom. The molecule has 0 aliphatic carbocycles. The topological polar surface area (TPSA) is 85.0 Å². The zero-order valence-corrected chi connectivity index (χ0v) is 17.4. The molecule has 0 spiro atoms. The minimum absolute atomic E-state index is 0.181. The lowest BCUT2D eigenvalue weighted by Crippen LogP contribution is -2.24. The molecule has 0 saturated heterocycles. The Kier molecular flexibility index (Phi) is 6.17. The number of hydrogen-bond donors (Lipinski definition) is 0. The van der Waals surface area contributed by atoms with Crippen LogP contribution in [0.2, 0.25) is 0 Å². The lowest BCUT2D eigenvalue weighted by atomic mass is 10.1. The second-order valence-electron chi connectivity index (χ2n) is 6.17. The van der Waals surface area contributed by atoms with Crippen LogP contribution in [0, 0.1) is 25.2 Å². The molecule has 144 valence electrons. The Balaban J connectivity index is 2.16. The number of carbonyl (C=O) groups is 1. The predicted molar refractivity (Wildman–Crippen MR) is 111 cm³/mol. The number of esters is 1. The highest BCUT2D eigenvalue weighted by atomic mass is 32.2. The van der Waals surface area contributed by atoms with Gasteiger partial charge in [-0.05, 0) is 31.9 Å². The first-order valence-corrected chi connectivity index (χ1v) is 10.5. The predicted octanol–water partition coefficient (Wildman–Crippen LogP) is 3.92. The quantitative estimate of drug-likeness (QED) is 0.346. The number of nitrogens with zero attached hydrogens (tertiary/aromatic N) is 3. The summed E-state index contributed by atoms with van der Waals surface area (Å²) in [5, 5.41) is 9.86. The van der Waals surface area contributed by atoms with Gasteiger partial charge in [-0.2, -0.15) is 5.26 Å². The van der Waals surface area contributed by atoms with Crippen molar-refractivity contribution in [2.24, 2.45) is 0 Å². The molecule has 0 amide bonds. The number of carbonyl (C=O) groups excluding carboxylic acids is 1. The molecule has 3 aromatic rings. The summed E-state index contributed by atoms with van der Waals surface area (Å²) in [4.78, 5) is 31.0. The van der Waals surface area contributed by atoms with Crippen molar-refractivity contribution in [2.75, 3.05) is 12.4 Å². The minimum Gasteiger partial charge on any atom is -0.462 e. The fourth-order valence-electron chi connectivity index (χ4n) is 2.81. The number of benzene rings is 1. The Morgan fingerprint density at radius 3 is 2.68 bits per heavy atom. The summed E-state index contributed by atoms with van der Waals surface area (Å²) in [5.41, 5.74) is 2.48. The van der Waals surface area contributed by atoms with E-state index in [1.165, 1.54) is 11.8 Å². The van der Waals surface area contributed by atoms with Gasteiger partial charge in [0, 0.05) is 0 Å². The number of nitriles is 1. The van der Waals surface area contributed by atoms with Crippen LogP contribution >= 0.6 is 23.1 Å². The van der Waals surface area contributed by atoms with Crippen molar-refractivity contribution in [2.45, 2.75) is 32.5 Å². The third-order valence-electron chi connectivity index (χ3n) is 4.20. The maximum atomic E-state index is 13.3. The number of thioether (sulfide) groups is 1. The Bertz CT molecular complexity index is 1120. The average molecular weight is 414 g/mol. The molecule has 0 saturated carbocycles. The number of aryl methyl sites for hydroxylation is 2. The molecule has 2 aromatic heterocycles. The molecule has 0 N–H and O–H groups in total. The largest absolute Gasteiger partial charge is 0.462 e. The first kappa shape index (κ1) is 20.1. The lowest BCUT2D eigenvalue weighted by Gasteiger charge is -2.11. The molecular weight excluding hydrogens is 394 g/mol. The molecule has 2 heterocycles. The van der Waals surface area contributed by atoms with E-state index in [1.807, 2.05) is 31.2 Å². The van der Waals surface area contributed by atoms with E-state index in [9.17, 15) is 9.59 Å². The zero-order chi connectivity index (χ0) is 20.3. The highest BCUT2D eigenvalue weighted by Gasteiger charge is 2.22. The number of hydrogen-bond acceptors (Lipinski definition) is 7. The Hall–Kier alpha value is -2.63. The third-order valence-corrected chi connectivity index (χ3v) is 6.21. The number of thiophene rings is 1. The molecule has 0 unspecified atom stereocenters. The summed E-state index contributed by atoms with van der Waals surface area (Å²) in [5.74, 6) is -0.264. The van der Waals surface area contributed by atoms with Crippen molar-refractivity contribution in [1.29, 1.82) is 5.26 Å². The summed E-state index contributed by atoms with van der Waals surface area (Å²) in [6.07, 6.45) is 0. The summed E-state index contributed by atoms with van der Waals surface area (Å²) in [7, 11) is 0. The van der Waals surface area contributed by atoms with Gasteiger partial charge in [-0.1, -0.05) is 41.6 Å². The fraction of sp³-hybridized carbons (Fsp3) is 0.300. The Morgan fingerprint density at radius 1 is 1.32 bits per heavy atom. The fourth-order valence-corrected chi connectivity index (χ4v) is 4.59. The zero-order valence-electron chi connectivity index (χ0n) is 15.8. The first-order chi connectivity index (χ1) is 13.5. The van der Waals surface area contributed by atoms with Gasteiger partial charge < -0.3 is 4.74 Å². The first-order valence-electron chi connectivity index (χ1n) is 8.72. The maximum Gasteiger partial charge on any atom is 0.348 e. The number of aromatic nitrogens is 2. The van der Waals surface area contributed by atoms with Gasteiger partial charge in [0.2, 0.25) is 0 Å². The van der Waals surface area contributed by atoms with Crippen LogP contribution in [0.5, 0.6) is 0 Å². The molecular formula is C20H19N3O3S2. The summed E-state index contributed by atoms with van der Waals surface area (Å²) >= 11 is 2.37. The van der Waals surface area contributed by atoms with Crippen molar-refractivity contribution in [3.63, 3.8) is 0 Å². The van der Waals surface area contributed by atoms with Crippen LogP contribution < -0.4 is 5.56 Å². The van der Waals surface area contributed by atoms with Gasteiger partial charge >= 0.3 is 5.97 Å². The van der Waals surface area contributed by atoms with Crippen molar-refractivity contribution in [3.8, 4) is 6.07 Å². The number of rotatable bonds is 6. The monoisotopic (exact) mass is 413 g/mol. The van der Waals surface area contributed by atoms with Crippen LogP contribution in [0.1, 0.15) is 33.3 Å². The second-order valence-corrected chi connectivity index (χ2v) is 8.12. The molecule has 0 aliphatic heterocycles. The average Bonchev–Trinajstić information content (AvgIpc) is 3.01. The van der Waals surface area contributed by atoms with Crippen LogP contribution in [-0.4, -0.2) is 27.9 Å². The van der Waals surface area contributed by atoms with Gasteiger partial charge in [-0.15, -0.1) is 11.3 Å². The van der Waals surface area contributed by atoms with E-state index in [0.717, 1.165) is 22.5 Å². The highest BCUT2D eigenvalue weighted by molar-refractivity contribution is 7.99. The molecule has 0 atom stereocenters. The van der Waals surface area contributed by atoms with E-state index in [1.54, 1.807) is 18.4 Å². The van der Waals surface area contributed by atoms with Crippen molar-refractivity contribution < 1.29 is 9.53 Å². The van der Waals surface area contributed by atoms with Crippen molar-refractivity contribution in [1.82, 2.24) is 9.55 Å². The van der Waals surface area contributed by atoms with Crippen molar-refractivity contribution >= 4 is 39.3 Å². The molecule has 0 fully saturated rings. The summed E-state index contributed by atoms with van der Waals surface area (Å²) in [6.45, 7) is 6.10. The van der Waals surface area contributed by atoms with E-state index in [-0.39, 0.29) is 17.9 Å². The molecule has 0 aliphatic rings. The van der Waals surface area contributed by atoms with E-state index in [4.69, 9.17) is 10.00 Å². The van der Waals surface area contributed by atoms with Gasteiger partial charge in [0.1, 0.15) is 9.71 Å². The normalized spacial score (nSPS) is 10.8. The standard InChI is InChI=1S/C20H19N3O3S2/c1-4-26-19(25)16-13(3)15-17(28-16)22-20(27-10-9-21)23(18(15)24)11-14-7-5-12(2)6-8-14/h5-8H,4,10-11H2,1-3H3. The van der Waals surface area contributed by atoms with Crippen LogP contribution in [0.15, 0.2) is 34.2 Å². The number of ether oxygens (including phenoxy) is 1.